The average molecular weight is 247 g/mol. The van der Waals surface area contributed by atoms with Crippen molar-refractivity contribution in [2.75, 3.05) is 18.0 Å². The zero-order valence-electron chi connectivity index (χ0n) is 8.37. The SMILES string of the molecule is Cl.Cl.NC1C2CN(c3ccccc3)CC12. The van der Waals surface area contributed by atoms with Crippen LogP contribution in [0.15, 0.2) is 30.3 Å². The quantitative estimate of drug-likeness (QED) is 0.821. The molecule has 1 aliphatic heterocycles. The minimum Gasteiger partial charge on any atom is -0.371 e. The predicted octanol–water partition coefficient (Wildman–Crippen LogP) is 1.92. The molecule has 2 atom stereocenters. The molecular weight excluding hydrogens is 231 g/mol. The van der Waals surface area contributed by atoms with Crippen molar-refractivity contribution in [3.8, 4) is 0 Å². The molecule has 0 bridgehead atoms. The van der Waals surface area contributed by atoms with Crippen molar-refractivity contribution in [2.24, 2.45) is 17.6 Å². The third-order valence-electron chi connectivity index (χ3n) is 3.38. The van der Waals surface area contributed by atoms with E-state index < -0.39 is 0 Å². The normalized spacial score (nSPS) is 31.3. The number of para-hydroxylation sites is 1. The Hall–Kier alpha value is -0.440. The van der Waals surface area contributed by atoms with Crippen molar-refractivity contribution in [1.82, 2.24) is 0 Å². The molecule has 1 aromatic rings. The Balaban J connectivity index is 0.000000562. The van der Waals surface area contributed by atoms with Gasteiger partial charge >= 0.3 is 0 Å². The van der Waals surface area contributed by atoms with Crippen molar-refractivity contribution in [1.29, 1.82) is 0 Å². The maximum Gasteiger partial charge on any atom is 0.0366 e. The van der Waals surface area contributed by atoms with Crippen molar-refractivity contribution in [2.45, 2.75) is 6.04 Å². The van der Waals surface area contributed by atoms with Crippen molar-refractivity contribution >= 4 is 30.5 Å². The van der Waals surface area contributed by atoms with Gasteiger partial charge in [0, 0.05) is 24.8 Å². The van der Waals surface area contributed by atoms with E-state index in [4.69, 9.17) is 5.73 Å². The number of fused-ring (bicyclic) bond motifs is 1. The molecule has 15 heavy (non-hydrogen) atoms. The molecular formula is C11H16Cl2N2. The number of piperidine rings is 1. The first kappa shape index (κ1) is 12.6. The average Bonchev–Trinajstić information content (AvgIpc) is 2.67. The fourth-order valence-corrected chi connectivity index (χ4v) is 2.42. The molecule has 4 heteroatoms. The second-order valence-electron chi connectivity index (χ2n) is 4.15. The van der Waals surface area contributed by atoms with Crippen LogP contribution in [0.5, 0.6) is 0 Å². The second kappa shape index (κ2) is 4.60. The summed E-state index contributed by atoms with van der Waals surface area (Å²) in [6, 6.07) is 11.1. The highest BCUT2D eigenvalue weighted by atomic mass is 35.5. The maximum absolute atomic E-state index is 5.89. The van der Waals surface area contributed by atoms with Crippen molar-refractivity contribution in [3.05, 3.63) is 30.3 Å². The minimum absolute atomic E-state index is 0. The molecule has 1 aliphatic carbocycles. The first-order valence-electron chi connectivity index (χ1n) is 4.92. The van der Waals surface area contributed by atoms with Gasteiger partial charge in [0.05, 0.1) is 0 Å². The summed E-state index contributed by atoms with van der Waals surface area (Å²) in [5.74, 6) is 1.56. The van der Waals surface area contributed by atoms with Crippen LogP contribution < -0.4 is 10.6 Å². The van der Waals surface area contributed by atoms with E-state index >= 15 is 0 Å². The van der Waals surface area contributed by atoms with E-state index in [1.165, 1.54) is 5.69 Å². The Labute approximate surface area is 103 Å². The van der Waals surface area contributed by atoms with Crippen LogP contribution in [0.25, 0.3) is 0 Å². The van der Waals surface area contributed by atoms with Gasteiger partial charge in [0.25, 0.3) is 0 Å². The van der Waals surface area contributed by atoms with E-state index in [2.05, 4.69) is 35.2 Å². The van der Waals surface area contributed by atoms with Gasteiger partial charge in [-0.25, -0.2) is 0 Å². The molecule has 1 saturated heterocycles. The van der Waals surface area contributed by atoms with E-state index in [1.54, 1.807) is 0 Å². The first-order chi connectivity index (χ1) is 6.36. The van der Waals surface area contributed by atoms with Gasteiger partial charge in [0.15, 0.2) is 0 Å². The molecule has 0 amide bonds. The van der Waals surface area contributed by atoms with Gasteiger partial charge in [-0.15, -0.1) is 24.8 Å². The van der Waals surface area contributed by atoms with Gasteiger partial charge in [-0.1, -0.05) is 18.2 Å². The van der Waals surface area contributed by atoms with Crippen LogP contribution in [0.3, 0.4) is 0 Å². The number of benzene rings is 1. The lowest BCUT2D eigenvalue weighted by molar-refractivity contribution is 0.743. The summed E-state index contributed by atoms with van der Waals surface area (Å²) in [7, 11) is 0. The van der Waals surface area contributed by atoms with Gasteiger partial charge in [-0.2, -0.15) is 0 Å². The van der Waals surface area contributed by atoms with Gasteiger partial charge in [0.2, 0.25) is 0 Å². The Morgan fingerprint density at radius 3 is 2.07 bits per heavy atom. The molecule has 2 unspecified atom stereocenters. The van der Waals surface area contributed by atoms with E-state index in [-0.39, 0.29) is 24.8 Å². The smallest absolute Gasteiger partial charge is 0.0366 e. The Kier molecular flexibility index (Phi) is 3.87. The van der Waals surface area contributed by atoms with Crippen LogP contribution in [0.4, 0.5) is 5.69 Å². The summed E-state index contributed by atoms with van der Waals surface area (Å²) >= 11 is 0. The Bertz CT molecular complexity index is 306. The molecule has 1 heterocycles. The number of halogens is 2. The molecule has 2 N–H and O–H groups in total. The van der Waals surface area contributed by atoms with Crippen molar-refractivity contribution in [3.63, 3.8) is 0 Å². The fraction of sp³-hybridized carbons (Fsp3) is 0.455. The van der Waals surface area contributed by atoms with Crippen molar-refractivity contribution < 1.29 is 0 Å². The summed E-state index contributed by atoms with van der Waals surface area (Å²) in [5, 5.41) is 0. The standard InChI is InChI=1S/C11H14N2.2ClH/c12-11-9-6-13(7-10(9)11)8-4-2-1-3-5-8;;/h1-5,9-11H,6-7,12H2;2*1H. The van der Waals surface area contributed by atoms with Crippen LogP contribution in [-0.4, -0.2) is 19.1 Å². The maximum atomic E-state index is 5.89. The molecule has 1 saturated carbocycles. The number of hydrogen-bond acceptors (Lipinski definition) is 2. The van der Waals surface area contributed by atoms with Crippen LogP contribution in [0.1, 0.15) is 0 Å². The molecule has 2 aliphatic rings. The molecule has 0 spiro atoms. The van der Waals surface area contributed by atoms with Gasteiger partial charge < -0.3 is 10.6 Å². The minimum atomic E-state index is 0. The molecule has 0 aromatic heterocycles. The Morgan fingerprint density at radius 2 is 1.53 bits per heavy atom. The lowest BCUT2D eigenvalue weighted by Crippen LogP contribution is -2.27. The van der Waals surface area contributed by atoms with Gasteiger partial charge in [-0.3, -0.25) is 0 Å². The molecule has 1 aromatic carbocycles. The summed E-state index contributed by atoms with van der Waals surface area (Å²) in [5.41, 5.74) is 7.23. The Morgan fingerprint density at radius 1 is 1.00 bits per heavy atom. The zero-order valence-corrected chi connectivity index (χ0v) is 10.0. The third kappa shape index (κ3) is 2.07. The third-order valence-corrected chi connectivity index (χ3v) is 3.38. The summed E-state index contributed by atoms with van der Waals surface area (Å²) in [6.07, 6.45) is 0. The second-order valence-corrected chi connectivity index (χ2v) is 4.15. The van der Waals surface area contributed by atoms with E-state index in [9.17, 15) is 0 Å². The van der Waals surface area contributed by atoms with E-state index in [0.717, 1.165) is 24.9 Å². The topological polar surface area (TPSA) is 29.3 Å². The summed E-state index contributed by atoms with van der Waals surface area (Å²) < 4.78 is 0. The highest BCUT2D eigenvalue weighted by Crippen LogP contribution is 2.45. The number of nitrogens with two attached hydrogens (primary N) is 1. The number of nitrogens with zero attached hydrogens (tertiary/aromatic N) is 1. The first-order valence-corrected chi connectivity index (χ1v) is 4.92. The van der Waals surface area contributed by atoms with Crippen LogP contribution >= 0.6 is 24.8 Å². The summed E-state index contributed by atoms with van der Waals surface area (Å²) in [6.45, 7) is 2.33. The number of rotatable bonds is 1. The number of anilines is 1. The molecule has 0 radical (unpaired) electrons. The number of hydrogen-bond donors (Lipinski definition) is 1. The van der Waals surface area contributed by atoms with E-state index in [0.29, 0.717) is 6.04 Å². The van der Waals surface area contributed by atoms with Gasteiger partial charge in [0.1, 0.15) is 0 Å². The van der Waals surface area contributed by atoms with Crippen LogP contribution in [0.2, 0.25) is 0 Å². The largest absolute Gasteiger partial charge is 0.371 e. The summed E-state index contributed by atoms with van der Waals surface area (Å²) in [4.78, 5) is 2.44. The van der Waals surface area contributed by atoms with Crippen LogP contribution in [0, 0.1) is 11.8 Å². The molecule has 3 rings (SSSR count). The molecule has 2 fully saturated rings. The molecule has 2 nitrogen and oxygen atoms in total. The zero-order chi connectivity index (χ0) is 8.84. The van der Waals surface area contributed by atoms with Crippen LogP contribution in [-0.2, 0) is 0 Å². The molecule has 84 valence electrons. The fourth-order valence-electron chi connectivity index (χ4n) is 2.42. The van der Waals surface area contributed by atoms with Gasteiger partial charge in [-0.05, 0) is 24.0 Å². The predicted molar refractivity (Wildman–Crippen MR) is 68.1 cm³/mol. The highest BCUT2D eigenvalue weighted by molar-refractivity contribution is 5.85. The lowest BCUT2D eigenvalue weighted by Gasteiger charge is -2.20. The van der Waals surface area contributed by atoms with E-state index in [1.807, 2.05) is 0 Å². The highest BCUT2D eigenvalue weighted by Gasteiger charge is 2.53. The lowest BCUT2D eigenvalue weighted by atomic mass is 10.3. The monoisotopic (exact) mass is 246 g/mol.